The van der Waals surface area contributed by atoms with Crippen LogP contribution in [-0.2, 0) is 0 Å². The van der Waals surface area contributed by atoms with Crippen molar-refractivity contribution in [1.29, 1.82) is 0 Å². The summed E-state index contributed by atoms with van der Waals surface area (Å²) in [6.45, 7) is 0. The zero-order valence-electron chi connectivity index (χ0n) is 14.0. The highest BCUT2D eigenvalue weighted by Crippen LogP contribution is 2.31. The number of carbonyl (C=O) groups is 1. The van der Waals surface area contributed by atoms with Gasteiger partial charge in [0.25, 0.3) is 0 Å². The number of benzene rings is 2. The molecule has 4 rings (SSSR count). The summed E-state index contributed by atoms with van der Waals surface area (Å²) in [5.41, 5.74) is 3.42. The number of aromatic carboxylic acids is 1. The van der Waals surface area contributed by atoms with E-state index >= 15 is 0 Å². The van der Waals surface area contributed by atoms with Gasteiger partial charge in [0, 0.05) is 17.2 Å². The van der Waals surface area contributed by atoms with Crippen molar-refractivity contribution in [3.8, 4) is 28.3 Å². The summed E-state index contributed by atoms with van der Waals surface area (Å²) >= 11 is 0. The molecule has 0 fully saturated rings. The van der Waals surface area contributed by atoms with Crippen LogP contribution in [0.3, 0.4) is 0 Å². The van der Waals surface area contributed by atoms with E-state index in [2.05, 4.69) is 10.1 Å². The van der Waals surface area contributed by atoms with E-state index in [1.807, 2.05) is 54.6 Å². The molecule has 2 heterocycles. The highest BCUT2D eigenvalue weighted by molar-refractivity contribution is 5.88. The van der Waals surface area contributed by atoms with Crippen LogP contribution in [0, 0.1) is 0 Å². The Morgan fingerprint density at radius 3 is 2.50 bits per heavy atom. The second kappa shape index (κ2) is 6.33. The molecular weight excluding hydrogens is 330 g/mol. The largest absolute Gasteiger partial charge is 0.496 e. The number of para-hydroxylation sites is 1. The first kappa shape index (κ1) is 15.8. The molecule has 0 saturated heterocycles. The van der Waals surface area contributed by atoms with Crippen LogP contribution in [0.2, 0.25) is 0 Å². The molecule has 0 radical (unpaired) electrons. The van der Waals surface area contributed by atoms with Crippen molar-refractivity contribution in [2.75, 3.05) is 7.11 Å². The van der Waals surface area contributed by atoms with Crippen LogP contribution in [-0.4, -0.2) is 32.8 Å². The predicted octanol–water partition coefficient (Wildman–Crippen LogP) is 3.77. The number of nitrogens with zero attached hydrogens (tertiary/aromatic N) is 3. The van der Waals surface area contributed by atoms with Crippen molar-refractivity contribution in [2.45, 2.75) is 0 Å². The molecule has 0 unspecified atom stereocenters. The summed E-state index contributed by atoms with van der Waals surface area (Å²) in [5.74, 6) is -0.459. The van der Waals surface area contributed by atoms with Gasteiger partial charge in [-0.1, -0.05) is 42.5 Å². The zero-order chi connectivity index (χ0) is 18.1. The topological polar surface area (TPSA) is 76.7 Å². The van der Waals surface area contributed by atoms with Crippen molar-refractivity contribution >= 4 is 11.6 Å². The molecule has 0 aliphatic rings. The lowest BCUT2D eigenvalue weighted by atomic mass is 10.1. The Labute approximate surface area is 149 Å². The van der Waals surface area contributed by atoms with E-state index < -0.39 is 5.97 Å². The molecule has 6 nitrogen and oxygen atoms in total. The number of hydrogen-bond acceptors (Lipinski definition) is 4. The second-order valence-electron chi connectivity index (χ2n) is 5.70. The summed E-state index contributed by atoms with van der Waals surface area (Å²) in [6, 6.07) is 20.4. The quantitative estimate of drug-likeness (QED) is 0.609. The standard InChI is InChI=1S/C20H15N3O3/c1-26-18-10-6-5-9-14(18)17-11-16(20(24)25)21-19-12-15(22-23(17)19)13-7-3-2-4-8-13/h2-12H,1H3,(H,24,25). The van der Waals surface area contributed by atoms with Crippen molar-refractivity contribution in [1.82, 2.24) is 14.6 Å². The first-order valence-corrected chi connectivity index (χ1v) is 8.00. The highest BCUT2D eigenvalue weighted by atomic mass is 16.5. The van der Waals surface area contributed by atoms with Crippen molar-refractivity contribution < 1.29 is 14.6 Å². The van der Waals surface area contributed by atoms with Crippen LogP contribution in [0.15, 0.2) is 66.7 Å². The number of carboxylic acid groups (broad SMARTS) is 1. The molecule has 0 aliphatic heterocycles. The van der Waals surface area contributed by atoms with E-state index in [-0.39, 0.29) is 5.69 Å². The number of carboxylic acids is 1. The molecule has 2 aromatic heterocycles. The third-order valence-corrected chi connectivity index (χ3v) is 4.10. The van der Waals surface area contributed by atoms with Crippen LogP contribution >= 0.6 is 0 Å². The average molecular weight is 345 g/mol. The monoisotopic (exact) mass is 345 g/mol. The van der Waals surface area contributed by atoms with E-state index in [4.69, 9.17) is 4.74 Å². The Morgan fingerprint density at radius 1 is 1.04 bits per heavy atom. The van der Waals surface area contributed by atoms with Crippen molar-refractivity contribution in [3.05, 3.63) is 72.4 Å². The lowest BCUT2D eigenvalue weighted by molar-refractivity contribution is 0.0690. The first-order valence-electron chi connectivity index (χ1n) is 8.00. The molecule has 1 N–H and O–H groups in total. The summed E-state index contributed by atoms with van der Waals surface area (Å²) in [7, 11) is 1.58. The van der Waals surface area contributed by atoms with Crippen LogP contribution < -0.4 is 4.74 Å². The van der Waals surface area contributed by atoms with Gasteiger partial charge in [0.2, 0.25) is 0 Å². The third kappa shape index (κ3) is 2.67. The van der Waals surface area contributed by atoms with E-state index in [1.165, 1.54) is 6.07 Å². The molecule has 128 valence electrons. The first-order chi connectivity index (χ1) is 12.7. The van der Waals surface area contributed by atoms with Gasteiger partial charge >= 0.3 is 5.97 Å². The van der Waals surface area contributed by atoms with Gasteiger partial charge < -0.3 is 9.84 Å². The Bertz CT molecular complexity index is 1100. The molecule has 2 aromatic carbocycles. The van der Waals surface area contributed by atoms with Gasteiger partial charge in [-0.3, -0.25) is 0 Å². The number of hydrogen-bond donors (Lipinski definition) is 1. The predicted molar refractivity (Wildman–Crippen MR) is 97.4 cm³/mol. The minimum atomic E-state index is -1.09. The van der Waals surface area contributed by atoms with Crippen LogP contribution in [0.5, 0.6) is 5.75 Å². The molecule has 0 atom stereocenters. The van der Waals surface area contributed by atoms with Gasteiger partial charge in [-0.15, -0.1) is 0 Å². The maximum absolute atomic E-state index is 11.5. The zero-order valence-corrected chi connectivity index (χ0v) is 14.0. The lowest BCUT2D eigenvalue weighted by Crippen LogP contribution is -2.06. The van der Waals surface area contributed by atoms with Gasteiger partial charge in [0.05, 0.1) is 18.5 Å². The van der Waals surface area contributed by atoms with Gasteiger partial charge in [-0.05, 0) is 18.2 Å². The Hall–Kier alpha value is -3.67. The smallest absolute Gasteiger partial charge is 0.354 e. The number of rotatable bonds is 4. The fourth-order valence-electron chi connectivity index (χ4n) is 2.88. The second-order valence-corrected chi connectivity index (χ2v) is 5.70. The van der Waals surface area contributed by atoms with Crippen molar-refractivity contribution in [3.63, 3.8) is 0 Å². The Kier molecular flexibility index (Phi) is 3.85. The average Bonchev–Trinajstić information content (AvgIpc) is 3.12. The van der Waals surface area contributed by atoms with E-state index in [9.17, 15) is 9.90 Å². The molecule has 0 bridgehead atoms. The van der Waals surface area contributed by atoms with Crippen LogP contribution in [0.1, 0.15) is 10.5 Å². The normalized spacial score (nSPS) is 10.8. The van der Waals surface area contributed by atoms with Crippen LogP contribution in [0.25, 0.3) is 28.2 Å². The Morgan fingerprint density at radius 2 is 1.77 bits per heavy atom. The summed E-state index contributed by atoms with van der Waals surface area (Å²) < 4.78 is 7.08. The van der Waals surface area contributed by atoms with Gasteiger partial charge in [-0.25, -0.2) is 14.3 Å². The van der Waals surface area contributed by atoms with E-state index in [0.717, 1.165) is 16.8 Å². The summed E-state index contributed by atoms with van der Waals surface area (Å²) in [5, 5.41) is 14.1. The summed E-state index contributed by atoms with van der Waals surface area (Å²) in [4.78, 5) is 15.8. The molecular formula is C20H15N3O3. The molecule has 26 heavy (non-hydrogen) atoms. The number of methoxy groups -OCH3 is 1. The number of ether oxygens (including phenoxy) is 1. The fourth-order valence-corrected chi connectivity index (χ4v) is 2.88. The SMILES string of the molecule is COc1ccccc1-c1cc(C(=O)O)nc2cc(-c3ccccc3)nn12. The highest BCUT2D eigenvalue weighted by Gasteiger charge is 2.17. The molecule has 0 amide bonds. The Balaban J connectivity index is 2.01. The molecule has 6 heteroatoms. The van der Waals surface area contributed by atoms with Gasteiger partial charge in [-0.2, -0.15) is 5.10 Å². The minimum absolute atomic E-state index is 0.0436. The lowest BCUT2D eigenvalue weighted by Gasteiger charge is -2.10. The third-order valence-electron chi connectivity index (χ3n) is 4.10. The van der Waals surface area contributed by atoms with Crippen molar-refractivity contribution in [2.24, 2.45) is 0 Å². The maximum Gasteiger partial charge on any atom is 0.354 e. The number of aromatic nitrogens is 3. The van der Waals surface area contributed by atoms with Gasteiger partial charge in [0.1, 0.15) is 5.75 Å². The maximum atomic E-state index is 11.5. The minimum Gasteiger partial charge on any atom is -0.496 e. The fraction of sp³-hybridized carbons (Fsp3) is 0.0500. The molecule has 0 saturated carbocycles. The van der Waals surface area contributed by atoms with E-state index in [1.54, 1.807) is 17.7 Å². The molecule has 0 aliphatic carbocycles. The summed E-state index contributed by atoms with van der Waals surface area (Å²) in [6.07, 6.45) is 0. The van der Waals surface area contributed by atoms with Crippen LogP contribution in [0.4, 0.5) is 0 Å². The number of fused-ring (bicyclic) bond motifs is 1. The molecule has 4 aromatic rings. The van der Waals surface area contributed by atoms with E-state index in [0.29, 0.717) is 17.1 Å². The van der Waals surface area contributed by atoms with Gasteiger partial charge in [0.15, 0.2) is 11.3 Å². The molecule has 0 spiro atoms.